The lowest BCUT2D eigenvalue weighted by molar-refractivity contribution is -0.147. The van der Waals surface area contributed by atoms with Crippen LogP contribution in [0.3, 0.4) is 0 Å². The van der Waals surface area contributed by atoms with Gasteiger partial charge in [0.2, 0.25) is 0 Å². The molecule has 4 rings (SSSR count). The van der Waals surface area contributed by atoms with Crippen molar-refractivity contribution in [2.24, 2.45) is 35.5 Å². The van der Waals surface area contributed by atoms with E-state index < -0.39 is 11.9 Å². The van der Waals surface area contributed by atoms with E-state index in [9.17, 15) is 19.2 Å². The van der Waals surface area contributed by atoms with Gasteiger partial charge in [-0.3, -0.25) is 19.2 Å². The van der Waals surface area contributed by atoms with Gasteiger partial charge in [-0.1, -0.05) is 145 Å². The van der Waals surface area contributed by atoms with Crippen LogP contribution in [0, 0.1) is 77.0 Å². The Balaban J connectivity index is 0.988. The summed E-state index contributed by atoms with van der Waals surface area (Å²) in [6, 6.07) is 0. The van der Waals surface area contributed by atoms with E-state index in [1.54, 1.807) is 0 Å². The highest BCUT2D eigenvalue weighted by Crippen LogP contribution is 2.47. The topological polar surface area (TPSA) is 130 Å². The molecular formula is C79H134N2O10S2. The maximum absolute atomic E-state index is 13.1. The fourth-order valence-corrected chi connectivity index (χ4v) is 15.9. The number of carbonyl (C=O) groups is 4. The predicted octanol–water partition coefficient (Wildman–Crippen LogP) is 19.8. The van der Waals surface area contributed by atoms with Crippen molar-refractivity contribution < 1.29 is 47.6 Å². The van der Waals surface area contributed by atoms with Gasteiger partial charge in [0.25, 0.3) is 0 Å². The molecule has 6 unspecified atom stereocenters. The van der Waals surface area contributed by atoms with Crippen LogP contribution in [-0.2, 0) is 41.5 Å². The summed E-state index contributed by atoms with van der Waals surface area (Å²) in [5.74, 6) is 8.24. The van der Waals surface area contributed by atoms with Gasteiger partial charge in [0.05, 0.1) is 38.9 Å². The predicted molar refractivity (Wildman–Crippen MR) is 391 cm³/mol. The summed E-state index contributed by atoms with van der Waals surface area (Å²) in [7, 11) is 4.18. The molecule has 2 aromatic rings. The van der Waals surface area contributed by atoms with Crippen LogP contribution in [0.25, 0.3) is 0 Å². The standard InChI is InChI=1S/C79H134N2O10S2/c1-56(2)27-19-29-58(5)31-21-33-60(7)35-23-43-78(15)45-41-68-66(13)74(62(9)64(11)76(68)90-78)88-72(84)39-37-70(82)86-51-25-47-80(17)49-53-92-55-93-54-50-81(18)48-26-52-87-71(83)38-40-73(85)89-75-63(10)65(12)77-69(67(75)14)42-46-79(16,91-77)44-24-36-61(8)34-22-32-59(6)30-20-28-57(3)4/h56-61H,19-55H2,1-18H3. The number of hydrogen-bond acceptors (Lipinski definition) is 14. The van der Waals surface area contributed by atoms with Crippen molar-refractivity contribution in [2.75, 3.05) is 70.1 Å². The molecule has 12 nitrogen and oxygen atoms in total. The second-order valence-electron chi connectivity index (χ2n) is 30.5. The molecule has 0 bridgehead atoms. The molecule has 6 atom stereocenters. The number of ether oxygens (including phenoxy) is 6. The van der Waals surface area contributed by atoms with Gasteiger partial charge in [-0.05, 0) is 203 Å². The van der Waals surface area contributed by atoms with Crippen LogP contribution in [0.1, 0.15) is 281 Å². The summed E-state index contributed by atoms with van der Waals surface area (Å²) >= 11 is 3.84. The van der Waals surface area contributed by atoms with E-state index in [0.29, 0.717) is 24.7 Å². The number of rotatable bonds is 48. The Bertz CT molecular complexity index is 2400. The molecule has 2 aliphatic heterocycles. The molecule has 2 heterocycles. The summed E-state index contributed by atoms with van der Waals surface area (Å²) in [5.41, 5.74) is 7.61. The molecule has 0 spiro atoms. The molecule has 0 radical (unpaired) electrons. The molecule has 93 heavy (non-hydrogen) atoms. The summed E-state index contributed by atoms with van der Waals surface area (Å²) in [4.78, 5) is 56.0. The fourth-order valence-electron chi connectivity index (χ4n) is 13.6. The van der Waals surface area contributed by atoms with E-state index in [4.69, 9.17) is 28.4 Å². The molecular weight excluding hydrogens is 1200 g/mol. The van der Waals surface area contributed by atoms with E-state index >= 15 is 0 Å². The minimum absolute atomic E-state index is 0.0125. The lowest BCUT2D eigenvalue weighted by Crippen LogP contribution is -2.37. The van der Waals surface area contributed by atoms with Crippen molar-refractivity contribution >= 4 is 47.4 Å². The van der Waals surface area contributed by atoms with Crippen molar-refractivity contribution in [3.63, 3.8) is 0 Å². The van der Waals surface area contributed by atoms with Crippen molar-refractivity contribution in [3.8, 4) is 23.0 Å². The molecule has 2 aromatic carbocycles. The highest BCUT2D eigenvalue weighted by Gasteiger charge is 2.37. The molecule has 0 saturated carbocycles. The number of nitrogens with zero attached hydrogens (tertiary/aromatic N) is 2. The Morgan fingerprint density at radius 1 is 0.430 bits per heavy atom. The molecule has 0 aliphatic carbocycles. The third-order valence-corrected chi connectivity index (χ3v) is 22.7. The molecule has 0 fully saturated rings. The van der Waals surface area contributed by atoms with Crippen molar-refractivity contribution in [2.45, 2.75) is 302 Å². The maximum Gasteiger partial charge on any atom is 0.311 e. The number of hydrogen-bond donors (Lipinski definition) is 0. The average molecular weight is 1340 g/mol. The van der Waals surface area contributed by atoms with Crippen LogP contribution in [0.5, 0.6) is 23.0 Å². The number of thioether (sulfide) groups is 2. The van der Waals surface area contributed by atoms with Crippen LogP contribution in [0.15, 0.2) is 0 Å². The van der Waals surface area contributed by atoms with E-state index in [-0.39, 0.29) is 48.8 Å². The molecule has 2 aliphatic rings. The first-order valence-electron chi connectivity index (χ1n) is 37.0. The summed E-state index contributed by atoms with van der Waals surface area (Å²) in [5, 5.41) is 1.01. The molecule has 532 valence electrons. The van der Waals surface area contributed by atoms with E-state index in [1.165, 1.54) is 89.9 Å². The number of fused-ring (bicyclic) bond motifs is 2. The highest BCUT2D eigenvalue weighted by atomic mass is 32.2. The Kier molecular flexibility index (Phi) is 37.9. The lowest BCUT2D eigenvalue weighted by atomic mass is 9.83. The van der Waals surface area contributed by atoms with Crippen LogP contribution in [0.2, 0.25) is 0 Å². The third-order valence-electron chi connectivity index (χ3n) is 20.5. The van der Waals surface area contributed by atoms with Crippen LogP contribution in [0.4, 0.5) is 0 Å². The van der Waals surface area contributed by atoms with Crippen LogP contribution in [-0.4, -0.2) is 115 Å². The first-order chi connectivity index (χ1) is 44.1. The van der Waals surface area contributed by atoms with E-state index in [2.05, 4.69) is 107 Å². The van der Waals surface area contributed by atoms with Gasteiger partial charge in [0, 0.05) is 53.9 Å². The molecule has 0 saturated heterocycles. The zero-order valence-electron chi connectivity index (χ0n) is 62.4. The van der Waals surface area contributed by atoms with Gasteiger partial charge in [0.1, 0.15) is 34.2 Å². The van der Waals surface area contributed by atoms with E-state index in [1.807, 2.05) is 51.2 Å². The molecule has 14 heteroatoms. The summed E-state index contributed by atoms with van der Waals surface area (Å²) < 4.78 is 36.6. The second kappa shape index (κ2) is 43.1. The van der Waals surface area contributed by atoms with Gasteiger partial charge >= 0.3 is 23.9 Å². The lowest BCUT2D eigenvalue weighted by Gasteiger charge is -2.38. The van der Waals surface area contributed by atoms with Crippen LogP contribution >= 0.6 is 23.5 Å². The minimum Gasteiger partial charge on any atom is -0.487 e. The van der Waals surface area contributed by atoms with Gasteiger partial charge in [-0.25, -0.2) is 0 Å². The molecule has 0 aromatic heterocycles. The number of esters is 4. The Morgan fingerprint density at radius 3 is 1.10 bits per heavy atom. The Morgan fingerprint density at radius 2 is 0.753 bits per heavy atom. The van der Waals surface area contributed by atoms with Crippen molar-refractivity contribution in [1.29, 1.82) is 0 Å². The van der Waals surface area contributed by atoms with Crippen LogP contribution < -0.4 is 18.9 Å². The highest BCUT2D eigenvalue weighted by molar-refractivity contribution is 8.16. The normalized spacial score (nSPS) is 17.6. The average Bonchev–Trinajstić information content (AvgIpc) is 0.772. The SMILES string of the molecule is Cc1c(C)c2c(c(C)c1OC(=O)CCC(=O)OCCCN(C)CCSCSCCN(C)CCCOC(=O)CCC(=O)Oc1c(C)c(C)c3c(c1C)CCC(C)(CCCC(C)CCCC(C)CCCC(C)C)O3)CCC(C)(CCCC(C)CCCC(C)CCCC(C)C)O2. The minimum atomic E-state index is -0.425. The second-order valence-corrected chi connectivity index (χ2v) is 33.1. The third kappa shape index (κ3) is 30.9. The first-order valence-corrected chi connectivity index (χ1v) is 39.3. The zero-order chi connectivity index (χ0) is 68.7. The van der Waals surface area contributed by atoms with Crippen molar-refractivity contribution in [3.05, 3.63) is 44.5 Å². The van der Waals surface area contributed by atoms with Gasteiger partial charge in [-0.15, -0.1) is 23.5 Å². The Hall–Kier alpha value is -3.46. The number of carbonyl (C=O) groups excluding carboxylic acids is 4. The van der Waals surface area contributed by atoms with Crippen molar-refractivity contribution in [1.82, 2.24) is 9.80 Å². The smallest absolute Gasteiger partial charge is 0.311 e. The fraction of sp³-hybridized carbons (Fsp3) is 0.797. The van der Waals surface area contributed by atoms with Gasteiger partial charge < -0.3 is 38.2 Å². The van der Waals surface area contributed by atoms with Gasteiger partial charge in [-0.2, -0.15) is 0 Å². The van der Waals surface area contributed by atoms with E-state index in [0.717, 1.165) is 198 Å². The maximum atomic E-state index is 13.1. The number of benzene rings is 2. The quantitative estimate of drug-likeness (QED) is 0.0270. The first kappa shape index (κ1) is 82.0. The van der Waals surface area contributed by atoms with Gasteiger partial charge in [0.15, 0.2) is 0 Å². The summed E-state index contributed by atoms with van der Waals surface area (Å²) in [6.45, 7) is 39.8. The monoisotopic (exact) mass is 1330 g/mol. The Labute approximate surface area is 576 Å². The molecule has 0 amide bonds. The largest absolute Gasteiger partial charge is 0.487 e. The zero-order valence-corrected chi connectivity index (χ0v) is 64.1. The molecule has 0 N–H and O–H groups in total. The summed E-state index contributed by atoms with van der Waals surface area (Å²) in [6.07, 6.45) is 28.0.